The molecule has 1 heterocycles. The number of sulfonamides is 1. The average molecular weight is 455 g/mol. The second kappa shape index (κ2) is 9.10. The molecule has 0 bridgehead atoms. The lowest BCUT2D eigenvalue weighted by Crippen LogP contribution is -2.39. The number of methoxy groups -OCH3 is 1. The molecule has 2 aromatic rings. The third-order valence-corrected chi connectivity index (χ3v) is 5.77. The van der Waals surface area contributed by atoms with Crippen LogP contribution in [0.15, 0.2) is 18.3 Å². The van der Waals surface area contributed by atoms with Crippen LogP contribution >= 0.6 is 0 Å². The van der Waals surface area contributed by atoms with E-state index in [1.54, 1.807) is 0 Å². The van der Waals surface area contributed by atoms with E-state index in [0.717, 1.165) is 24.6 Å². The lowest BCUT2D eigenvalue weighted by molar-refractivity contribution is 0.103. The van der Waals surface area contributed by atoms with Crippen molar-refractivity contribution in [3.8, 4) is 5.75 Å². The Balaban J connectivity index is 1.72. The molecular weight excluding hydrogens is 432 g/mol. The number of ketones is 1. The summed E-state index contributed by atoms with van der Waals surface area (Å²) >= 11 is 0. The lowest BCUT2D eigenvalue weighted by atomic mass is 9.92. The van der Waals surface area contributed by atoms with Gasteiger partial charge < -0.3 is 15.8 Å². The van der Waals surface area contributed by atoms with Gasteiger partial charge in [-0.25, -0.2) is 26.9 Å². The van der Waals surface area contributed by atoms with Crippen molar-refractivity contribution >= 4 is 27.6 Å². The van der Waals surface area contributed by atoms with Crippen LogP contribution in [-0.4, -0.2) is 49.6 Å². The van der Waals surface area contributed by atoms with Crippen molar-refractivity contribution in [2.75, 3.05) is 24.4 Å². The van der Waals surface area contributed by atoms with Crippen LogP contribution in [0.5, 0.6) is 5.75 Å². The van der Waals surface area contributed by atoms with Crippen LogP contribution in [0.1, 0.15) is 41.6 Å². The minimum Gasteiger partial charge on any atom is -0.496 e. The average Bonchev–Trinajstić information content (AvgIpc) is 2.70. The second-order valence-electron chi connectivity index (χ2n) is 7.34. The predicted octanol–water partition coefficient (Wildman–Crippen LogP) is 1.85. The molecule has 0 amide bonds. The molecule has 0 radical (unpaired) electrons. The number of rotatable bonds is 7. The number of carbonyl (C=O) groups is 1. The largest absolute Gasteiger partial charge is 0.496 e. The summed E-state index contributed by atoms with van der Waals surface area (Å²) in [6.45, 7) is 0. The van der Waals surface area contributed by atoms with Crippen LogP contribution in [-0.2, 0) is 10.0 Å². The van der Waals surface area contributed by atoms with Crippen molar-refractivity contribution in [3.05, 3.63) is 41.1 Å². The van der Waals surface area contributed by atoms with Gasteiger partial charge in [0, 0.05) is 18.3 Å². The maximum Gasteiger partial charge on any atom is 0.224 e. The van der Waals surface area contributed by atoms with Crippen LogP contribution in [0.25, 0.3) is 0 Å². The van der Waals surface area contributed by atoms with Gasteiger partial charge in [0.2, 0.25) is 21.8 Å². The molecule has 31 heavy (non-hydrogen) atoms. The zero-order valence-electron chi connectivity index (χ0n) is 17.0. The minimum absolute atomic E-state index is 0.000630. The topological polar surface area (TPSA) is 136 Å². The molecule has 9 nitrogen and oxygen atoms in total. The van der Waals surface area contributed by atoms with Crippen molar-refractivity contribution in [2.24, 2.45) is 0 Å². The molecule has 0 saturated heterocycles. The van der Waals surface area contributed by atoms with Gasteiger partial charge in [-0.15, -0.1) is 0 Å². The van der Waals surface area contributed by atoms with E-state index in [4.69, 9.17) is 10.5 Å². The first kappa shape index (κ1) is 22.8. The van der Waals surface area contributed by atoms with E-state index in [1.807, 2.05) is 0 Å². The van der Waals surface area contributed by atoms with Gasteiger partial charge >= 0.3 is 0 Å². The van der Waals surface area contributed by atoms with Gasteiger partial charge in [-0.2, -0.15) is 4.98 Å². The zero-order valence-corrected chi connectivity index (χ0v) is 17.8. The fourth-order valence-corrected chi connectivity index (χ4v) is 4.37. The number of hydrogen-bond donors (Lipinski definition) is 3. The highest BCUT2D eigenvalue weighted by Gasteiger charge is 2.26. The van der Waals surface area contributed by atoms with Gasteiger partial charge in [0.05, 0.1) is 18.9 Å². The maximum atomic E-state index is 14.2. The predicted molar refractivity (Wildman–Crippen MR) is 110 cm³/mol. The Bertz CT molecular complexity index is 1090. The van der Waals surface area contributed by atoms with Crippen LogP contribution in [0.2, 0.25) is 0 Å². The molecule has 1 aliphatic rings. The van der Waals surface area contributed by atoms with Gasteiger partial charge in [-0.3, -0.25) is 4.79 Å². The Labute approximate surface area is 178 Å². The first-order chi connectivity index (χ1) is 14.6. The number of aromatic nitrogens is 2. The highest BCUT2D eigenvalue weighted by atomic mass is 32.2. The maximum absolute atomic E-state index is 14.2. The molecule has 4 N–H and O–H groups in total. The molecule has 1 saturated carbocycles. The van der Waals surface area contributed by atoms with Crippen molar-refractivity contribution in [3.63, 3.8) is 0 Å². The number of nitrogens with one attached hydrogen (secondary N) is 2. The number of benzene rings is 1. The molecule has 0 aliphatic heterocycles. The molecule has 1 aromatic heterocycles. The van der Waals surface area contributed by atoms with Gasteiger partial charge in [0.15, 0.2) is 11.6 Å². The van der Waals surface area contributed by atoms with Crippen molar-refractivity contribution < 1.29 is 26.7 Å². The van der Waals surface area contributed by atoms with Gasteiger partial charge in [0.25, 0.3) is 0 Å². The number of carbonyl (C=O) groups excluding carboxylic acids is 1. The Hall–Kier alpha value is -2.86. The lowest BCUT2D eigenvalue weighted by Gasteiger charge is -2.29. The first-order valence-corrected chi connectivity index (χ1v) is 11.4. The number of nitrogens with two attached hydrogens (primary N) is 1. The fraction of sp³-hybridized carbons (Fsp3) is 0.421. The summed E-state index contributed by atoms with van der Waals surface area (Å²) in [5, 5.41) is 3.10. The van der Waals surface area contributed by atoms with Crippen molar-refractivity contribution in [1.29, 1.82) is 0 Å². The first-order valence-electron chi connectivity index (χ1n) is 9.52. The molecule has 0 unspecified atom stereocenters. The number of nitrogen functional groups attached to an aromatic ring is 1. The Morgan fingerprint density at radius 3 is 2.42 bits per heavy atom. The van der Waals surface area contributed by atoms with Crippen LogP contribution in [0.3, 0.4) is 0 Å². The van der Waals surface area contributed by atoms with E-state index in [2.05, 4.69) is 20.0 Å². The Morgan fingerprint density at radius 1 is 1.19 bits per heavy atom. The summed E-state index contributed by atoms with van der Waals surface area (Å²) in [5.74, 6) is -3.58. The van der Waals surface area contributed by atoms with E-state index in [1.165, 1.54) is 7.11 Å². The summed E-state index contributed by atoms with van der Waals surface area (Å²) in [6, 6.07) is 1.89. The molecule has 12 heteroatoms. The summed E-state index contributed by atoms with van der Waals surface area (Å²) in [7, 11) is -2.02. The van der Waals surface area contributed by atoms with Crippen LogP contribution < -0.4 is 20.5 Å². The highest BCUT2D eigenvalue weighted by molar-refractivity contribution is 7.88. The number of halogens is 2. The van der Waals surface area contributed by atoms with Gasteiger partial charge in [0.1, 0.15) is 17.1 Å². The molecule has 0 spiro atoms. The molecule has 1 aromatic carbocycles. The Kier molecular flexibility index (Phi) is 6.70. The molecule has 0 atom stereocenters. The summed E-state index contributed by atoms with van der Waals surface area (Å²) < 4.78 is 58.1. The van der Waals surface area contributed by atoms with E-state index >= 15 is 0 Å². The zero-order chi connectivity index (χ0) is 22.8. The second-order valence-corrected chi connectivity index (χ2v) is 9.12. The number of hydrogen-bond acceptors (Lipinski definition) is 8. The summed E-state index contributed by atoms with van der Waals surface area (Å²) in [5.41, 5.74) is 5.12. The molecule has 1 fully saturated rings. The van der Waals surface area contributed by atoms with Crippen molar-refractivity contribution in [2.45, 2.75) is 37.8 Å². The molecule has 1 aliphatic carbocycles. The summed E-state index contributed by atoms with van der Waals surface area (Å²) in [6.07, 6.45) is 4.94. The molecule has 168 valence electrons. The van der Waals surface area contributed by atoms with E-state index in [-0.39, 0.29) is 35.2 Å². The monoisotopic (exact) mass is 455 g/mol. The Morgan fingerprint density at radius 2 is 1.84 bits per heavy atom. The van der Waals surface area contributed by atoms with Crippen LogP contribution in [0, 0.1) is 11.6 Å². The number of ether oxygens (including phenoxy) is 1. The van der Waals surface area contributed by atoms with Gasteiger partial charge in [-0.1, -0.05) is 0 Å². The molecule has 3 rings (SSSR count). The number of nitrogens with zero attached hydrogens (tertiary/aromatic N) is 2. The summed E-state index contributed by atoms with van der Waals surface area (Å²) in [4.78, 5) is 20.9. The minimum atomic E-state index is -3.26. The third kappa shape index (κ3) is 5.44. The smallest absolute Gasteiger partial charge is 0.224 e. The normalized spacial score (nSPS) is 19.1. The number of anilines is 2. The van der Waals surface area contributed by atoms with Crippen LogP contribution in [0.4, 0.5) is 20.5 Å². The standard InChI is InChI=1S/C19H23F2N5O4S/c1-30-14-8-7-13(20)16(21)15(14)17(27)12-9-23-19(25-18(12)22)24-10-3-5-11(6-4-10)26-31(2,28)29/h7-11,26H,3-6H2,1-2H3,(H3,22,23,24,25)/t10-,11-. The van der Waals surface area contributed by atoms with E-state index in [0.29, 0.717) is 25.7 Å². The third-order valence-electron chi connectivity index (χ3n) is 5.01. The fourth-order valence-electron chi connectivity index (χ4n) is 3.53. The SMILES string of the molecule is COc1ccc(F)c(F)c1C(=O)c1cnc(N[C@H]2CC[C@H](NS(C)(=O)=O)CC2)nc1N. The van der Waals surface area contributed by atoms with Crippen molar-refractivity contribution in [1.82, 2.24) is 14.7 Å². The quantitative estimate of drug-likeness (QED) is 0.538. The highest BCUT2D eigenvalue weighted by Crippen LogP contribution is 2.28. The molecular formula is C19H23F2N5O4S. The van der Waals surface area contributed by atoms with Gasteiger partial charge in [-0.05, 0) is 37.8 Å². The van der Waals surface area contributed by atoms with E-state index < -0.39 is 33.0 Å². The van der Waals surface area contributed by atoms with E-state index in [9.17, 15) is 22.0 Å².